The van der Waals surface area contributed by atoms with Crippen molar-refractivity contribution >= 4 is 46.2 Å². The molecule has 1 saturated heterocycles. The van der Waals surface area contributed by atoms with E-state index in [9.17, 15) is 14.7 Å². The molecule has 3 aromatic rings. The number of aryl methyl sites for hydroxylation is 1. The first kappa shape index (κ1) is 17.5. The van der Waals surface area contributed by atoms with Gasteiger partial charge in [0.15, 0.2) is 5.82 Å². The summed E-state index contributed by atoms with van der Waals surface area (Å²) in [6.45, 7) is 1.70. The highest BCUT2D eigenvalue weighted by molar-refractivity contribution is 7.10. The smallest absolute Gasteiger partial charge is 0.301 e. The summed E-state index contributed by atoms with van der Waals surface area (Å²) < 4.78 is 5.07. The third kappa shape index (κ3) is 2.94. The van der Waals surface area contributed by atoms with Crippen LogP contribution in [0.1, 0.15) is 22.2 Å². The molecule has 8 heteroatoms. The fraction of sp³-hybridized carbons (Fsp3) is 0.105. The van der Waals surface area contributed by atoms with Crippen LogP contribution in [0.4, 0.5) is 5.82 Å². The molecule has 2 aromatic heterocycles. The minimum atomic E-state index is -0.787. The number of thiophene rings is 1. The lowest BCUT2D eigenvalue weighted by Gasteiger charge is -2.21. The van der Waals surface area contributed by atoms with E-state index in [1.807, 2.05) is 11.4 Å². The van der Waals surface area contributed by atoms with Gasteiger partial charge in [0, 0.05) is 21.5 Å². The Balaban J connectivity index is 1.92. The highest BCUT2D eigenvalue weighted by Gasteiger charge is 2.48. The van der Waals surface area contributed by atoms with Crippen molar-refractivity contribution < 1.29 is 19.2 Å². The Bertz CT molecular complexity index is 1050. The number of benzene rings is 1. The van der Waals surface area contributed by atoms with Gasteiger partial charge in [0.25, 0.3) is 5.78 Å². The van der Waals surface area contributed by atoms with E-state index >= 15 is 0 Å². The zero-order valence-corrected chi connectivity index (χ0v) is 15.6. The maximum absolute atomic E-state index is 12.8. The summed E-state index contributed by atoms with van der Waals surface area (Å²) in [4.78, 5) is 27.5. The van der Waals surface area contributed by atoms with E-state index in [1.165, 1.54) is 16.2 Å². The number of nitrogens with zero attached hydrogens (tertiary/aromatic N) is 2. The molecule has 0 saturated carbocycles. The molecule has 1 aliphatic heterocycles. The van der Waals surface area contributed by atoms with E-state index in [0.29, 0.717) is 16.3 Å². The second-order valence-electron chi connectivity index (χ2n) is 5.99. The summed E-state index contributed by atoms with van der Waals surface area (Å²) in [6.07, 6.45) is 0. The molecule has 0 bridgehead atoms. The first-order chi connectivity index (χ1) is 13.0. The number of halogens is 1. The summed E-state index contributed by atoms with van der Waals surface area (Å²) in [5.74, 6) is -1.07. The normalized spacial score (nSPS) is 19.0. The van der Waals surface area contributed by atoms with E-state index in [0.717, 1.165) is 4.88 Å². The highest BCUT2D eigenvalue weighted by atomic mass is 35.5. The van der Waals surface area contributed by atoms with E-state index in [-0.39, 0.29) is 17.2 Å². The molecule has 0 unspecified atom stereocenters. The number of aromatic nitrogens is 1. The van der Waals surface area contributed by atoms with Crippen molar-refractivity contribution in [2.24, 2.45) is 0 Å². The molecule has 0 aliphatic carbocycles. The number of aliphatic hydroxyl groups is 1. The van der Waals surface area contributed by atoms with E-state index < -0.39 is 17.7 Å². The van der Waals surface area contributed by atoms with Crippen molar-refractivity contribution in [3.63, 3.8) is 0 Å². The molecule has 1 fully saturated rings. The first-order valence-corrected chi connectivity index (χ1v) is 9.27. The van der Waals surface area contributed by atoms with Crippen LogP contribution in [0.5, 0.6) is 0 Å². The third-order valence-electron chi connectivity index (χ3n) is 4.24. The van der Waals surface area contributed by atoms with Gasteiger partial charge in [-0.2, -0.15) is 0 Å². The molecule has 1 aliphatic rings. The number of hydrogen-bond acceptors (Lipinski definition) is 6. The predicted molar refractivity (Wildman–Crippen MR) is 102 cm³/mol. The second-order valence-corrected chi connectivity index (χ2v) is 7.40. The van der Waals surface area contributed by atoms with Gasteiger partial charge in [0.2, 0.25) is 0 Å². The Morgan fingerprint density at radius 1 is 1.26 bits per heavy atom. The number of carbonyl (C=O) groups excluding carboxylic acids is 2. The monoisotopic (exact) mass is 400 g/mol. The molecule has 0 radical (unpaired) electrons. The van der Waals surface area contributed by atoms with Crippen molar-refractivity contribution in [2.45, 2.75) is 13.0 Å². The zero-order chi connectivity index (χ0) is 19.1. The van der Waals surface area contributed by atoms with Gasteiger partial charge in [-0.3, -0.25) is 14.5 Å². The van der Waals surface area contributed by atoms with Crippen LogP contribution >= 0.6 is 22.9 Å². The Morgan fingerprint density at radius 3 is 2.59 bits per heavy atom. The quantitative estimate of drug-likeness (QED) is 0.402. The maximum Gasteiger partial charge on any atom is 0.301 e. The molecule has 27 heavy (non-hydrogen) atoms. The molecule has 136 valence electrons. The number of carbonyl (C=O) groups is 2. The van der Waals surface area contributed by atoms with Crippen LogP contribution < -0.4 is 4.90 Å². The van der Waals surface area contributed by atoms with Gasteiger partial charge in [-0.15, -0.1) is 11.3 Å². The predicted octanol–water partition coefficient (Wildman–Crippen LogP) is 4.32. The standard InChI is InChI=1S/C19H13ClN2O4S/c1-10-9-14(21-26-10)22-16(13-3-2-8-27-13)15(18(24)19(22)25)17(23)11-4-6-12(20)7-5-11/h2-9,16,23H,1H3/t16-/m0/s1. The molecule has 1 atom stereocenters. The Hall–Kier alpha value is -2.90. The number of anilines is 1. The summed E-state index contributed by atoms with van der Waals surface area (Å²) in [6, 6.07) is 10.8. The fourth-order valence-electron chi connectivity index (χ4n) is 3.01. The minimum absolute atomic E-state index is 0.00502. The van der Waals surface area contributed by atoms with Crippen molar-refractivity contribution in [1.29, 1.82) is 0 Å². The largest absolute Gasteiger partial charge is 0.507 e. The van der Waals surface area contributed by atoms with Gasteiger partial charge in [0.05, 0.1) is 5.57 Å². The van der Waals surface area contributed by atoms with Gasteiger partial charge in [0.1, 0.15) is 17.6 Å². The molecule has 1 aromatic carbocycles. The lowest BCUT2D eigenvalue weighted by molar-refractivity contribution is -0.132. The van der Waals surface area contributed by atoms with Gasteiger partial charge in [-0.1, -0.05) is 22.8 Å². The zero-order valence-electron chi connectivity index (χ0n) is 14.0. The van der Waals surface area contributed by atoms with Crippen LogP contribution in [0.25, 0.3) is 5.76 Å². The summed E-state index contributed by atoms with van der Waals surface area (Å²) in [7, 11) is 0. The number of hydrogen-bond donors (Lipinski definition) is 1. The molecule has 3 heterocycles. The molecule has 1 amide bonds. The second kappa shape index (κ2) is 6.68. The van der Waals surface area contributed by atoms with Crippen molar-refractivity contribution in [3.05, 3.63) is 74.6 Å². The van der Waals surface area contributed by atoms with Crippen LogP contribution in [0, 0.1) is 6.92 Å². The van der Waals surface area contributed by atoms with Crippen molar-refractivity contribution in [1.82, 2.24) is 5.16 Å². The Labute approximate surface area is 163 Å². The van der Waals surface area contributed by atoms with E-state index in [1.54, 1.807) is 43.3 Å². The first-order valence-electron chi connectivity index (χ1n) is 8.01. The van der Waals surface area contributed by atoms with Crippen LogP contribution in [0.3, 0.4) is 0 Å². The third-order valence-corrected chi connectivity index (χ3v) is 5.41. The Morgan fingerprint density at radius 2 is 2.00 bits per heavy atom. The lowest BCUT2D eigenvalue weighted by atomic mass is 10.00. The number of aliphatic hydroxyl groups excluding tert-OH is 1. The van der Waals surface area contributed by atoms with Crippen LogP contribution in [-0.4, -0.2) is 22.0 Å². The maximum atomic E-state index is 12.8. The molecule has 4 rings (SSSR count). The van der Waals surface area contributed by atoms with Gasteiger partial charge >= 0.3 is 5.91 Å². The molecular formula is C19H13ClN2O4S. The van der Waals surface area contributed by atoms with E-state index in [2.05, 4.69) is 5.16 Å². The topological polar surface area (TPSA) is 83.6 Å². The molecule has 0 spiro atoms. The van der Waals surface area contributed by atoms with Crippen LogP contribution in [0.2, 0.25) is 5.02 Å². The minimum Gasteiger partial charge on any atom is -0.507 e. The number of Topliss-reactive ketones (excluding diaryl/α,β-unsaturated/α-hetero) is 1. The van der Waals surface area contributed by atoms with E-state index in [4.69, 9.17) is 16.1 Å². The summed E-state index contributed by atoms with van der Waals surface area (Å²) in [5, 5.41) is 17.1. The fourth-order valence-corrected chi connectivity index (χ4v) is 3.96. The van der Waals surface area contributed by atoms with Gasteiger partial charge in [-0.05, 0) is 42.6 Å². The molecule has 6 nitrogen and oxygen atoms in total. The van der Waals surface area contributed by atoms with Gasteiger partial charge < -0.3 is 9.63 Å². The lowest BCUT2D eigenvalue weighted by Crippen LogP contribution is -2.29. The molecular weight excluding hydrogens is 388 g/mol. The SMILES string of the molecule is Cc1cc(N2C(=O)C(=O)C(=C(O)c3ccc(Cl)cc3)[C@@H]2c2cccs2)no1. The van der Waals surface area contributed by atoms with Crippen LogP contribution in [0.15, 0.2) is 57.9 Å². The number of amides is 1. The number of rotatable bonds is 3. The average molecular weight is 401 g/mol. The summed E-state index contributed by atoms with van der Waals surface area (Å²) >= 11 is 7.28. The average Bonchev–Trinajstić information content (AvgIpc) is 3.37. The number of ketones is 1. The summed E-state index contributed by atoms with van der Waals surface area (Å²) in [5.41, 5.74) is 0.403. The van der Waals surface area contributed by atoms with Crippen molar-refractivity contribution in [2.75, 3.05) is 4.90 Å². The Kier molecular flexibility index (Phi) is 4.33. The van der Waals surface area contributed by atoms with Crippen molar-refractivity contribution in [3.8, 4) is 0 Å². The highest BCUT2D eigenvalue weighted by Crippen LogP contribution is 2.43. The van der Waals surface area contributed by atoms with Crippen LogP contribution in [-0.2, 0) is 9.59 Å². The molecule has 1 N–H and O–H groups in total. The van der Waals surface area contributed by atoms with Gasteiger partial charge in [-0.25, -0.2) is 0 Å².